The van der Waals surface area contributed by atoms with E-state index in [2.05, 4.69) is 4.98 Å². The Balaban J connectivity index is 2.36. The molecule has 0 saturated carbocycles. The summed E-state index contributed by atoms with van der Waals surface area (Å²) in [7, 11) is 0. The molecule has 0 bridgehead atoms. The van der Waals surface area contributed by atoms with E-state index in [1.807, 2.05) is 16.8 Å². The van der Waals surface area contributed by atoms with Crippen molar-refractivity contribution in [3.8, 4) is 11.3 Å². The molecule has 1 aromatic carbocycles. The molecule has 3 rings (SSSR count). The number of hydrogen-bond donors (Lipinski definition) is 1. The number of aldehydes is 1. The number of aromatic amines is 1. The highest BCUT2D eigenvalue weighted by Gasteiger charge is 2.13. The average molecular weight is 245 g/mol. The highest BCUT2D eigenvalue weighted by Crippen LogP contribution is 2.30. The van der Waals surface area contributed by atoms with E-state index in [9.17, 15) is 9.18 Å². The molecule has 0 aliphatic rings. The number of fused-ring (bicyclic) bond motifs is 1. The van der Waals surface area contributed by atoms with Gasteiger partial charge in [0.1, 0.15) is 5.82 Å². The second-order valence-corrected chi connectivity index (χ2v) is 4.51. The Bertz CT molecular complexity index is 685. The Labute approximate surface area is 101 Å². The third-order valence-electron chi connectivity index (χ3n) is 2.73. The lowest BCUT2D eigenvalue weighted by Crippen LogP contribution is -1.82. The summed E-state index contributed by atoms with van der Waals surface area (Å²) in [6.07, 6.45) is 0.769. The molecular formula is C13H8FNOS. The lowest BCUT2D eigenvalue weighted by molar-refractivity contribution is 0.112. The highest BCUT2D eigenvalue weighted by molar-refractivity contribution is 7.08. The summed E-state index contributed by atoms with van der Waals surface area (Å²) in [5.41, 5.74) is 2.99. The lowest BCUT2D eigenvalue weighted by atomic mass is 10.1. The Kier molecular flexibility index (Phi) is 2.30. The van der Waals surface area contributed by atoms with Crippen LogP contribution in [0.15, 0.2) is 35.0 Å². The maximum atomic E-state index is 13.2. The Hall–Kier alpha value is -1.94. The van der Waals surface area contributed by atoms with Crippen molar-refractivity contribution in [1.29, 1.82) is 0 Å². The van der Waals surface area contributed by atoms with Crippen LogP contribution in [0.1, 0.15) is 10.4 Å². The van der Waals surface area contributed by atoms with Crippen LogP contribution in [0, 0.1) is 5.82 Å². The van der Waals surface area contributed by atoms with Crippen LogP contribution >= 0.6 is 11.3 Å². The predicted molar refractivity (Wildman–Crippen MR) is 67.0 cm³/mol. The molecule has 0 aliphatic heterocycles. The van der Waals surface area contributed by atoms with Crippen LogP contribution in [0.25, 0.3) is 22.2 Å². The molecule has 0 atom stereocenters. The standard InChI is InChI=1S/C13H8FNOS/c14-9-1-2-12-10(5-9)11(6-16)13(15-12)8-3-4-17-7-8/h1-7,15H. The number of H-pyrrole nitrogens is 1. The third kappa shape index (κ3) is 1.57. The molecule has 2 heterocycles. The van der Waals surface area contributed by atoms with Gasteiger partial charge in [0.05, 0.1) is 5.69 Å². The Morgan fingerprint density at radius 1 is 1.29 bits per heavy atom. The number of carbonyl (C=O) groups is 1. The van der Waals surface area contributed by atoms with Crippen LogP contribution in [0.3, 0.4) is 0 Å². The van der Waals surface area contributed by atoms with Gasteiger partial charge in [-0.15, -0.1) is 0 Å². The Morgan fingerprint density at radius 2 is 2.18 bits per heavy atom. The first-order valence-corrected chi connectivity index (χ1v) is 6.03. The molecular weight excluding hydrogens is 237 g/mol. The first-order chi connectivity index (χ1) is 8.29. The number of aromatic nitrogens is 1. The van der Waals surface area contributed by atoms with Crippen molar-refractivity contribution in [2.75, 3.05) is 0 Å². The molecule has 0 saturated heterocycles. The van der Waals surface area contributed by atoms with E-state index < -0.39 is 0 Å². The van der Waals surface area contributed by atoms with Gasteiger partial charge < -0.3 is 4.98 Å². The van der Waals surface area contributed by atoms with Crippen molar-refractivity contribution >= 4 is 28.5 Å². The van der Waals surface area contributed by atoms with Gasteiger partial charge in [0.15, 0.2) is 6.29 Å². The minimum absolute atomic E-state index is 0.337. The number of halogens is 1. The van der Waals surface area contributed by atoms with Gasteiger partial charge >= 0.3 is 0 Å². The number of rotatable bonds is 2. The van der Waals surface area contributed by atoms with Crippen LogP contribution in [0.2, 0.25) is 0 Å². The molecule has 0 amide bonds. The summed E-state index contributed by atoms with van der Waals surface area (Å²) in [6, 6.07) is 6.34. The molecule has 4 heteroatoms. The number of thiophene rings is 1. The van der Waals surface area contributed by atoms with E-state index in [0.717, 1.165) is 23.1 Å². The maximum absolute atomic E-state index is 13.2. The SMILES string of the molecule is O=Cc1c(-c2ccsc2)[nH]c2ccc(F)cc12. The molecule has 0 unspecified atom stereocenters. The molecule has 2 aromatic heterocycles. The van der Waals surface area contributed by atoms with Gasteiger partial charge in [-0.3, -0.25) is 4.79 Å². The Morgan fingerprint density at radius 3 is 2.88 bits per heavy atom. The van der Waals surface area contributed by atoms with E-state index in [-0.39, 0.29) is 5.82 Å². The monoisotopic (exact) mass is 245 g/mol. The van der Waals surface area contributed by atoms with E-state index in [1.165, 1.54) is 12.1 Å². The summed E-state index contributed by atoms with van der Waals surface area (Å²) in [5.74, 6) is -0.337. The summed E-state index contributed by atoms with van der Waals surface area (Å²) in [5, 5.41) is 4.52. The van der Waals surface area contributed by atoms with Crippen molar-refractivity contribution in [1.82, 2.24) is 4.98 Å². The third-order valence-corrected chi connectivity index (χ3v) is 3.41. The smallest absolute Gasteiger partial charge is 0.152 e. The van der Waals surface area contributed by atoms with Crippen molar-refractivity contribution in [2.24, 2.45) is 0 Å². The molecule has 2 nitrogen and oxygen atoms in total. The quantitative estimate of drug-likeness (QED) is 0.683. The number of hydrogen-bond acceptors (Lipinski definition) is 2. The zero-order valence-corrected chi connectivity index (χ0v) is 9.55. The fourth-order valence-corrected chi connectivity index (χ4v) is 2.59. The molecule has 84 valence electrons. The zero-order valence-electron chi connectivity index (χ0n) is 8.74. The number of carbonyl (C=O) groups excluding carboxylic acids is 1. The molecule has 17 heavy (non-hydrogen) atoms. The van der Waals surface area contributed by atoms with Gasteiger partial charge in [-0.05, 0) is 29.6 Å². The van der Waals surface area contributed by atoms with Crippen LogP contribution < -0.4 is 0 Å². The lowest BCUT2D eigenvalue weighted by Gasteiger charge is -1.93. The van der Waals surface area contributed by atoms with Crippen LogP contribution in [-0.2, 0) is 0 Å². The van der Waals surface area contributed by atoms with Crippen LogP contribution in [0.4, 0.5) is 4.39 Å². The van der Waals surface area contributed by atoms with Gasteiger partial charge in [-0.2, -0.15) is 11.3 Å². The van der Waals surface area contributed by atoms with E-state index in [0.29, 0.717) is 10.9 Å². The van der Waals surface area contributed by atoms with Gasteiger partial charge in [0.25, 0.3) is 0 Å². The van der Waals surface area contributed by atoms with Gasteiger partial charge in [-0.25, -0.2) is 4.39 Å². The summed E-state index contributed by atoms with van der Waals surface area (Å²) >= 11 is 1.56. The van der Waals surface area contributed by atoms with E-state index in [1.54, 1.807) is 17.4 Å². The molecule has 3 aromatic rings. The van der Waals surface area contributed by atoms with Crippen molar-refractivity contribution in [3.05, 3.63) is 46.4 Å². The maximum Gasteiger partial charge on any atom is 0.152 e. The average Bonchev–Trinajstić information content (AvgIpc) is 2.94. The van der Waals surface area contributed by atoms with Crippen molar-refractivity contribution < 1.29 is 9.18 Å². The van der Waals surface area contributed by atoms with Crippen LogP contribution in [-0.4, -0.2) is 11.3 Å². The summed E-state index contributed by atoms with van der Waals surface area (Å²) in [4.78, 5) is 14.3. The first kappa shape index (κ1) is 10.2. The second-order valence-electron chi connectivity index (χ2n) is 3.73. The van der Waals surface area contributed by atoms with Gasteiger partial charge in [0.2, 0.25) is 0 Å². The summed E-state index contributed by atoms with van der Waals surface area (Å²) < 4.78 is 13.2. The van der Waals surface area contributed by atoms with Gasteiger partial charge in [0, 0.05) is 27.4 Å². The van der Waals surface area contributed by atoms with Gasteiger partial charge in [-0.1, -0.05) is 0 Å². The topological polar surface area (TPSA) is 32.9 Å². The fourth-order valence-electron chi connectivity index (χ4n) is 1.94. The van der Waals surface area contributed by atoms with Crippen molar-refractivity contribution in [2.45, 2.75) is 0 Å². The van der Waals surface area contributed by atoms with Crippen LogP contribution in [0.5, 0.6) is 0 Å². The number of benzene rings is 1. The summed E-state index contributed by atoms with van der Waals surface area (Å²) in [6.45, 7) is 0. The largest absolute Gasteiger partial charge is 0.354 e. The molecule has 0 aliphatic carbocycles. The van der Waals surface area contributed by atoms with E-state index >= 15 is 0 Å². The molecule has 0 spiro atoms. The minimum atomic E-state index is -0.337. The predicted octanol–water partition coefficient (Wildman–Crippen LogP) is 3.85. The first-order valence-electron chi connectivity index (χ1n) is 5.08. The normalized spacial score (nSPS) is 10.9. The van der Waals surface area contributed by atoms with Crippen molar-refractivity contribution in [3.63, 3.8) is 0 Å². The molecule has 0 radical (unpaired) electrons. The van der Waals surface area contributed by atoms with E-state index in [4.69, 9.17) is 0 Å². The second kappa shape index (κ2) is 3.82. The molecule has 0 fully saturated rings. The minimum Gasteiger partial charge on any atom is -0.354 e. The number of nitrogens with one attached hydrogen (secondary N) is 1. The fraction of sp³-hybridized carbons (Fsp3) is 0. The zero-order chi connectivity index (χ0) is 11.8. The highest BCUT2D eigenvalue weighted by atomic mass is 32.1. The molecule has 1 N–H and O–H groups in total.